The summed E-state index contributed by atoms with van der Waals surface area (Å²) in [6.45, 7) is 2.87. The van der Waals surface area contributed by atoms with Gasteiger partial charge < -0.3 is 9.84 Å². The number of ether oxygens (including phenoxy) is 1. The summed E-state index contributed by atoms with van der Waals surface area (Å²) in [6, 6.07) is 0.138. The third-order valence-corrected chi connectivity index (χ3v) is 5.01. The standard InChI is InChI=1S/C23H41NO3/c1-21-20-27-23(24-21)22(26)18-16-14-12-10-8-6-4-2-3-5-7-9-11-13-15-17-19-25/h2,4,21,25H,3,5-20H2,1H3/b4-2-. The first-order valence-corrected chi connectivity index (χ1v) is 11.2. The highest BCUT2D eigenvalue weighted by molar-refractivity contribution is 6.36. The number of aliphatic hydroxyl groups excluding tert-OH is 1. The molecular weight excluding hydrogens is 338 g/mol. The number of nitrogens with zero attached hydrogens (tertiary/aromatic N) is 1. The second-order valence-electron chi connectivity index (χ2n) is 7.78. The van der Waals surface area contributed by atoms with Gasteiger partial charge in [-0.25, -0.2) is 4.99 Å². The van der Waals surface area contributed by atoms with Crippen LogP contribution < -0.4 is 0 Å². The molecule has 0 aromatic heterocycles. The molecule has 0 aliphatic carbocycles. The normalized spacial score (nSPS) is 16.7. The van der Waals surface area contributed by atoms with E-state index in [-0.39, 0.29) is 11.8 Å². The van der Waals surface area contributed by atoms with Crippen molar-refractivity contribution in [3.05, 3.63) is 12.2 Å². The molecule has 1 aliphatic rings. The van der Waals surface area contributed by atoms with Gasteiger partial charge in [-0.3, -0.25) is 4.79 Å². The maximum Gasteiger partial charge on any atom is 0.253 e. The fraction of sp³-hybridized carbons (Fsp3) is 0.826. The number of carbonyl (C=O) groups is 1. The van der Waals surface area contributed by atoms with E-state index in [4.69, 9.17) is 9.84 Å². The summed E-state index contributed by atoms with van der Waals surface area (Å²) in [4.78, 5) is 16.1. The molecule has 0 bridgehead atoms. The Balaban J connectivity index is 1.79. The lowest BCUT2D eigenvalue weighted by Gasteiger charge is -2.01. The van der Waals surface area contributed by atoms with Crippen LogP contribution in [0.15, 0.2) is 17.1 Å². The zero-order valence-electron chi connectivity index (χ0n) is 17.5. The Bertz CT molecular complexity index is 431. The molecule has 0 saturated heterocycles. The highest BCUT2D eigenvalue weighted by Crippen LogP contribution is 2.12. The maximum atomic E-state index is 11.9. The summed E-state index contributed by atoms with van der Waals surface area (Å²) in [5, 5.41) is 8.72. The van der Waals surface area contributed by atoms with E-state index in [2.05, 4.69) is 17.1 Å². The van der Waals surface area contributed by atoms with E-state index in [1.54, 1.807) is 0 Å². The third-order valence-electron chi connectivity index (χ3n) is 5.01. The number of Topliss-reactive ketones (excluding diaryl/α,β-unsaturated/α-hetero) is 1. The van der Waals surface area contributed by atoms with Crippen LogP contribution in [0.3, 0.4) is 0 Å². The maximum absolute atomic E-state index is 11.9. The van der Waals surface area contributed by atoms with E-state index < -0.39 is 0 Å². The van der Waals surface area contributed by atoms with Crippen molar-refractivity contribution in [3.8, 4) is 0 Å². The number of aliphatic imine (C=N–C) groups is 1. The largest absolute Gasteiger partial charge is 0.473 e. The first kappa shape index (κ1) is 23.9. The van der Waals surface area contributed by atoms with Gasteiger partial charge in [0.05, 0.1) is 6.04 Å². The number of allylic oxidation sites excluding steroid dienone is 2. The number of carbonyl (C=O) groups excluding carboxylic acids is 1. The topological polar surface area (TPSA) is 58.9 Å². The molecule has 4 nitrogen and oxygen atoms in total. The van der Waals surface area contributed by atoms with Crippen molar-refractivity contribution in [2.75, 3.05) is 13.2 Å². The Morgan fingerprint density at radius 2 is 1.44 bits per heavy atom. The van der Waals surface area contributed by atoms with Gasteiger partial charge >= 0.3 is 0 Å². The average molecular weight is 380 g/mol. The van der Waals surface area contributed by atoms with E-state index in [0.29, 0.717) is 25.5 Å². The summed E-state index contributed by atoms with van der Waals surface area (Å²) >= 11 is 0. The molecule has 0 aromatic rings. The Labute approximate surface area is 166 Å². The number of unbranched alkanes of at least 4 members (excludes halogenated alkanes) is 12. The van der Waals surface area contributed by atoms with Crippen molar-refractivity contribution in [1.82, 2.24) is 0 Å². The van der Waals surface area contributed by atoms with Crippen molar-refractivity contribution >= 4 is 11.7 Å². The van der Waals surface area contributed by atoms with Gasteiger partial charge in [-0.2, -0.15) is 0 Å². The lowest BCUT2D eigenvalue weighted by Crippen LogP contribution is -2.13. The third kappa shape index (κ3) is 13.6. The van der Waals surface area contributed by atoms with Crippen molar-refractivity contribution in [3.63, 3.8) is 0 Å². The van der Waals surface area contributed by atoms with E-state index in [1.165, 1.54) is 70.6 Å². The van der Waals surface area contributed by atoms with Crippen LogP contribution in [0.4, 0.5) is 0 Å². The SMILES string of the molecule is CC1COC(C(=O)CCCCCCC/C=C\CCCCCCCCCO)=N1. The zero-order chi connectivity index (χ0) is 19.6. The molecule has 156 valence electrons. The Hall–Kier alpha value is -1.16. The highest BCUT2D eigenvalue weighted by atomic mass is 16.5. The second-order valence-corrected chi connectivity index (χ2v) is 7.78. The van der Waals surface area contributed by atoms with Crippen LogP contribution in [0.2, 0.25) is 0 Å². The monoisotopic (exact) mass is 379 g/mol. The number of hydrogen-bond donors (Lipinski definition) is 1. The van der Waals surface area contributed by atoms with Crippen molar-refractivity contribution in [2.24, 2.45) is 4.99 Å². The number of hydrogen-bond acceptors (Lipinski definition) is 4. The molecule has 0 radical (unpaired) electrons. The van der Waals surface area contributed by atoms with Crippen LogP contribution >= 0.6 is 0 Å². The van der Waals surface area contributed by atoms with Gasteiger partial charge in [-0.1, -0.05) is 63.5 Å². The van der Waals surface area contributed by atoms with Crippen LogP contribution in [-0.2, 0) is 9.53 Å². The first-order chi connectivity index (χ1) is 13.2. The molecule has 1 atom stereocenters. The molecule has 1 N–H and O–H groups in total. The molecule has 1 aliphatic heterocycles. The molecule has 4 heteroatoms. The van der Waals surface area contributed by atoms with Crippen LogP contribution in [0.1, 0.15) is 103 Å². The summed E-state index contributed by atoms with van der Waals surface area (Å²) in [6.07, 6.45) is 22.1. The zero-order valence-corrected chi connectivity index (χ0v) is 17.5. The smallest absolute Gasteiger partial charge is 0.253 e. The van der Waals surface area contributed by atoms with Crippen LogP contribution in [0.5, 0.6) is 0 Å². The van der Waals surface area contributed by atoms with E-state index >= 15 is 0 Å². The Kier molecular flexibility index (Phi) is 15.0. The minimum Gasteiger partial charge on any atom is -0.473 e. The molecule has 1 heterocycles. The van der Waals surface area contributed by atoms with Gasteiger partial charge in [0, 0.05) is 13.0 Å². The predicted molar refractivity (Wildman–Crippen MR) is 113 cm³/mol. The quantitative estimate of drug-likeness (QED) is 0.243. The van der Waals surface area contributed by atoms with Gasteiger partial charge in [-0.15, -0.1) is 0 Å². The molecule has 27 heavy (non-hydrogen) atoms. The van der Waals surface area contributed by atoms with Crippen molar-refractivity contribution in [2.45, 2.75) is 109 Å². The number of ketones is 1. The fourth-order valence-electron chi connectivity index (χ4n) is 3.31. The lowest BCUT2D eigenvalue weighted by atomic mass is 10.1. The number of rotatable bonds is 18. The lowest BCUT2D eigenvalue weighted by molar-refractivity contribution is -0.114. The molecule has 1 unspecified atom stereocenters. The minimum atomic E-state index is 0.0763. The van der Waals surface area contributed by atoms with Crippen molar-refractivity contribution in [1.29, 1.82) is 0 Å². The first-order valence-electron chi connectivity index (χ1n) is 11.2. The van der Waals surface area contributed by atoms with Gasteiger partial charge in [0.15, 0.2) is 0 Å². The minimum absolute atomic E-state index is 0.0763. The van der Waals surface area contributed by atoms with Crippen molar-refractivity contribution < 1.29 is 14.6 Å². The summed E-state index contributed by atoms with van der Waals surface area (Å²) in [5.41, 5.74) is 0. The Morgan fingerprint density at radius 1 is 0.926 bits per heavy atom. The molecule has 1 rings (SSSR count). The summed E-state index contributed by atoms with van der Waals surface area (Å²) < 4.78 is 5.30. The highest BCUT2D eigenvalue weighted by Gasteiger charge is 2.20. The van der Waals surface area contributed by atoms with E-state index in [1.807, 2.05) is 6.92 Å². The van der Waals surface area contributed by atoms with Crippen LogP contribution in [0, 0.1) is 0 Å². The molecule has 0 aromatic carbocycles. The van der Waals surface area contributed by atoms with E-state index in [9.17, 15) is 4.79 Å². The fourth-order valence-corrected chi connectivity index (χ4v) is 3.31. The van der Waals surface area contributed by atoms with Gasteiger partial charge in [-0.05, 0) is 45.4 Å². The van der Waals surface area contributed by atoms with Crippen LogP contribution in [-0.4, -0.2) is 36.0 Å². The Morgan fingerprint density at radius 3 is 1.96 bits per heavy atom. The summed E-state index contributed by atoms with van der Waals surface area (Å²) in [5.74, 6) is 0.432. The van der Waals surface area contributed by atoms with Gasteiger partial charge in [0.2, 0.25) is 5.78 Å². The molecule has 0 amide bonds. The van der Waals surface area contributed by atoms with Gasteiger partial charge in [0.25, 0.3) is 5.90 Å². The molecule has 0 fully saturated rings. The molecule has 0 spiro atoms. The van der Waals surface area contributed by atoms with Gasteiger partial charge in [0.1, 0.15) is 6.61 Å². The van der Waals surface area contributed by atoms with Crippen LogP contribution in [0.25, 0.3) is 0 Å². The number of aliphatic hydroxyl groups is 1. The molecule has 0 saturated carbocycles. The summed E-state index contributed by atoms with van der Waals surface area (Å²) in [7, 11) is 0. The molecular formula is C23H41NO3. The predicted octanol–water partition coefficient (Wildman–Crippen LogP) is 5.77. The second kappa shape index (κ2) is 17.0. The average Bonchev–Trinajstić information content (AvgIpc) is 3.10. The van der Waals surface area contributed by atoms with E-state index in [0.717, 1.165) is 19.3 Å².